The minimum Gasteiger partial charge on any atom is -0.491 e. The fourth-order valence-electron chi connectivity index (χ4n) is 1.86. The summed E-state index contributed by atoms with van der Waals surface area (Å²) in [6, 6.07) is 6.29. The van der Waals surface area contributed by atoms with Crippen molar-refractivity contribution in [2.75, 3.05) is 6.61 Å². The van der Waals surface area contributed by atoms with Crippen LogP contribution in [-0.4, -0.2) is 18.6 Å². The molecule has 1 aromatic carbocycles. The van der Waals surface area contributed by atoms with Crippen molar-refractivity contribution in [3.05, 3.63) is 29.3 Å². The molecule has 1 N–H and O–H groups in total. The van der Waals surface area contributed by atoms with Gasteiger partial charge < -0.3 is 10.1 Å². The van der Waals surface area contributed by atoms with E-state index in [-0.39, 0.29) is 11.9 Å². The number of fused-ring (bicyclic) bond motifs is 1. The standard InChI is InChI=1S/C12H15NO2/c1-8-3-4-10-6-11(13-9(2)14)7-15-12(10)5-8/h3-5,11H,6-7H2,1-2H3,(H,13,14). The molecule has 1 aromatic rings. The summed E-state index contributed by atoms with van der Waals surface area (Å²) < 4.78 is 5.60. The Morgan fingerprint density at radius 3 is 3.07 bits per heavy atom. The molecule has 0 spiro atoms. The maximum atomic E-state index is 10.9. The summed E-state index contributed by atoms with van der Waals surface area (Å²) in [5.41, 5.74) is 2.37. The van der Waals surface area contributed by atoms with E-state index in [0.29, 0.717) is 6.61 Å². The van der Waals surface area contributed by atoms with Crippen LogP contribution < -0.4 is 10.1 Å². The largest absolute Gasteiger partial charge is 0.491 e. The van der Waals surface area contributed by atoms with Gasteiger partial charge in [0, 0.05) is 6.92 Å². The second-order valence-corrected chi connectivity index (χ2v) is 4.02. The first kappa shape index (κ1) is 10.0. The maximum Gasteiger partial charge on any atom is 0.217 e. The summed E-state index contributed by atoms with van der Waals surface area (Å²) in [5, 5.41) is 2.87. The molecule has 3 nitrogen and oxygen atoms in total. The lowest BCUT2D eigenvalue weighted by molar-refractivity contribution is -0.119. The van der Waals surface area contributed by atoms with E-state index in [4.69, 9.17) is 4.74 Å². The molecular weight excluding hydrogens is 190 g/mol. The molecule has 1 aliphatic heterocycles. The van der Waals surface area contributed by atoms with Gasteiger partial charge in [0.25, 0.3) is 0 Å². The van der Waals surface area contributed by atoms with Gasteiger partial charge in [-0.3, -0.25) is 4.79 Å². The summed E-state index contributed by atoms with van der Waals surface area (Å²) in [6.45, 7) is 4.14. The smallest absolute Gasteiger partial charge is 0.217 e. The number of carbonyl (C=O) groups is 1. The highest BCUT2D eigenvalue weighted by atomic mass is 16.5. The molecule has 0 saturated heterocycles. The zero-order valence-electron chi connectivity index (χ0n) is 9.04. The number of ether oxygens (including phenoxy) is 1. The zero-order chi connectivity index (χ0) is 10.8. The van der Waals surface area contributed by atoms with Crippen LogP contribution in [0.1, 0.15) is 18.1 Å². The molecule has 1 atom stereocenters. The summed E-state index contributed by atoms with van der Waals surface area (Å²) in [7, 11) is 0. The summed E-state index contributed by atoms with van der Waals surface area (Å²) in [5.74, 6) is 0.954. The summed E-state index contributed by atoms with van der Waals surface area (Å²) >= 11 is 0. The van der Waals surface area contributed by atoms with Crippen molar-refractivity contribution >= 4 is 5.91 Å². The lowest BCUT2D eigenvalue weighted by Gasteiger charge is -2.25. The van der Waals surface area contributed by atoms with Crippen LogP contribution >= 0.6 is 0 Å². The van der Waals surface area contributed by atoms with Gasteiger partial charge in [-0.1, -0.05) is 12.1 Å². The van der Waals surface area contributed by atoms with Crippen LogP contribution in [0, 0.1) is 6.92 Å². The molecule has 1 aliphatic rings. The van der Waals surface area contributed by atoms with E-state index in [9.17, 15) is 4.79 Å². The van der Waals surface area contributed by atoms with Crippen molar-refractivity contribution in [1.82, 2.24) is 5.32 Å². The zero-order valence-corrected chi connectivity index (χ0v) is 9.04. The number of nitrogens with one attached hydrogen (secondary N) is 1. The summed E-state index contributed by atoms with van der Waals surface area (Å²) in [4.78, 5) is 10.9. The van der Waals surface area contributed by atoms with Gasteiger partial charge in [-0.15, -0.1) is 0 Å². The molecule has 3 heteroatoms. The molecule has 1 heterocycles. The van der Waals surface area contributed by atoms with Gasteiger partial charge in [0.1, 0.15) is 12.4 Å². The van der Waals surface area contributed by atoms with Gasteiger partial charge in [0.15, 0.2) is 0 Å². The first-order valence-electron chi connectivity index (χ1n) is 5.14. The molecule has 0 fully saturated rings. The second kappa shape index (κ2) is 3.93. The summed E-state index contributed by atoms with van der Waals surface area (Å²) in [6.07, 6.45) is 0.856. The third kappa shape index (κ3) is 2.29. The van der Waals surface area contributed by atoms with Gasteiger partial charge >= 0.3 is 0 Å². The van der Waals surface area contributed by atoms with E-state index in [2.05, 4.69) is 17.4 Å². The Morgan fingerprint density at radius 1 is 1.53 bits per heavy atom. The maximum absolute atomic E-state index is 10.9. The monoisotopic (exact) mass is 205 g/mol. The van der Waals surface area contributed by atoms with Crippen LogP contribution in [0.2, 0.25) is 0 Å². The van der Waals surface area contributed by atoms with Crippen LogP contribution in [0.4, 0.5) is 0 Å². The van der Waals surface area contributed by atoms with Crippen molar-refractivity contribution in [3.8, 4) is 5.75 Å². The van der Waals surface area contributed by atoms with Gasteiger partial charge in [-0.25, -0.2) is 0 Å². The Hall–Kier alpha value is -1.51. The van der Waals surface area contributed by atoms with Gasteiger partial charge in [0.2, 0.25) is 5.91 Å². The Bertz CT molecular complexity index is 387. The third-order valence-electron chi connectivity index (χ3n) is 2.54. The minimum atomic E-state index is -0.000776. The van der Waals surface area contributed by atoms with Gasteiger partial charge in [-0.05, 0) is 30.5 Å². The molecule has 0 aromatic heterocycles. The number of rotatable bonds is 1. The van der Waals surface area contributed by atoms with Crippen molar-refractivity contribution < 1.29 is 9.53 Å². The molecule has 1 amide bonds. The molecule has 1 unspecified atom stereocenters. The predicted molar refractivity (Wildman–Crippen MR) is 58.0 cm³/mol. The number of amides is 1. The van der Waals surface area contributed by atoms with Crippen molar-refractivity contribution in [2.24, 2.45) is 0 Å². The van der Waals surface area contributed by atoms with E-state index >= 15 is 0 Å². The molecule has 0 radical (unpaired) electrons. The molecule has 0 bridgehead atoms. The highest BCUT2D eigenvalue weighted by Crippen LogP contribution is 2.25. The fraction of sp³-hybridized carbons (Fsp3) is 0.417. The molecule has 0 saturated carbocycles. The minimum absolute atomic E-state index is 0.000776. The van der Waals surface area contributed by atoms with E-state index in [1.165, 1.54) is 18.1 Å². The molecule has 15 heavy (non-hydrogen) atoms. The van der Waals surface area contributed by atoms with Crippen LogP contribution in [-0.2, 0) is 11.2 Å². The first-order chi connectivity index (χ1) is 7.15. The number of hydrogen-bond acceptors (Lipinski definition) is 2. The van der Waals surface area contributed by atoms with Crippen LogP contribution in [0.5, 0.6) is 5.75 Å². The molecule has 80 valence electrons. The van der Waals surface area contributed by atoms with Crippen molar-refractivity contribution in [2.45, 2.75) is 26.3 Å². The topological polar surface area (TPSA) is 38.3 Å². The Labute approximate surface area is 89.4 Å². The lowest BCUT2D eigenvalue weighted by Crippen LogP contribution is -2.41. The average Bonchev–Trinajstić information content (AvgIpc) is 2.17. The molecule has 2 rings (SSSR count). The fourth-order valence-corrected chi connectivity index (χ4v) is 1.86. The normalized spacial score (nSPS) is 18.9. The lowest BCUT2D eigenvalue weighted by atomic mass is 10.0. The van der Waals surface area contributed by atoms with Crippen LogP contribution in [0.15, 0.2) is 18.2 Å². The highest BCUT2D eigenvalue weighted by molar-refractivity contribution is 5.73. The second-order valence-electron chi connectivity index (χ2n) is 4.02. The first-order valence-corrected chi connectivity index (χ1v) is 5.14. The quantitative estimate of drug-likeness (QED) is 0.753. The van der Waals surface area contributed by atoms with Crippen LogP contribution in [0.25, 0.3) is 0 Å². The Morgan fingerprint density at radius 2 is 2.33 bits per heavy atom. The number of carbonyl (C=O) groups excluding carboxylic acids is 1. The van der Waals surface area contributed by atoms with E-state index in [1.807, 2.05) is 13.0 Å². The van der Waals surface area contributed by atoms with Crippen LogP contribution in [0.3, 0.4) is 0 Å². The SMILES string of the molecule is CC(=O)NC1COc2cc(C)ccc2C1. The molecular formula is C12H15NO2. The number of hydrogen-bond donors (Lipinski definition) is 1. The van der Waals surface area contributed by atoms with E-state index in [0.717, 1.165) is 12.2 Å². The Kier molecular flexibility index (Phi) is 2.62. The highest BCUT2D eigenvalue weighted by Gasteiger charge is 2.19. The molecule has 0 aliphatic carbocycles. The van der Waals surface area contributed by atoms with E-state index < -0.39 is 0 Å². The Balaban J connectivity index is 2.13. The van der Waals surface area contributed by atoms with Gasteiger partial charge in [0.05, 0.1) is 6.04 Å². The number of benzene rings is 1. The average molecular weight is 205 g/mol. The third-order valence-corrected chi connectivity index (χ3v) is 2.54. The van der Waals surface area contributed by atoms with Crippen molar-refractivity contribution in [3.63, 3.8) is 0 Å². The van der Waals surface area contributed by atoms with Crippen molar-refractivity contribution in [1.29, 1.82) is 0 Å². The van der Waals surface area contributed by atoms with E-state index in [1.54, 1.807) is 0 Å². The number of aryl methyl sites for hydroxylation is 1. The van der Waals surface area contributed by atoms with Gasteiger partial charge in [-0.2, -0.15) is 0 Å². The predicted octanol–water partition coefficient (Wildman–Crippen LogP) is 1.43.